The molecule has 0 radical (unpaired) electrons. The van der Waals surface area contributed by atoms with E-state index in [-0.39, 0.29) is 35.4 Å². The summed E-state index contributed by atoms with van der Waals surface area (Å²) in [6.07, 6.45) is -0.573. The molecule has 2 aromatic rings. The Hall–Kier alpha value is -2.65. The molecule has 0 spiro atoms. The Morgan fingerprint density at radius 3 is 2.56 bits per heavy atom. The Bertz CT molecular complexity index is 1130. The number of aryl methyl sites for hydroxylation is 2. The minimum atomic E-state index is -0.929. The lowest BCUT2D eigenvalue weighted by atomic mass is 9.75. The molecule has 1 aliphatic rings. The van der Waals surface area contributed by atoms with Crippen LogP contribution in [0.3, 0.4) is 0 Å². The molecule has 0 saturated carbocycles. The van der Waals surface area contributed by atoms with Crippen LogP contribution in [0.1, 0.15) is 77.3 Å². The summed E-state index contributed by atoms with van der Waals surface area (Å²) in [5.74, 6) is -0.387. The van der Waals surface area contributed by atoms with Crippen LogP contribution in [0.4, 0.5) is 4.79 Å². The van der Waals surface area contributed by atoms with Gasteiger partial charge in [-0.3, -0.25) is 9.59 Å². The van der Waals surface area contributed by atoms with Gasteiger partial charge in [-0.05, 0) is 62.1 Å². The number of likely N-dealkylation sites (tertiary alicyclic amines) is 1. The number of hydrogen-bond donors (Lipinski definition) is 4. The highest BCUT2D eigenvalue weighted by Crippen LogP contribution is 2.42. The van der Waals surface area contributed by atoms with Gasteiger partial charge in [-0.25, -0.2) is 4.79 Å². The van der Waals surface area contributed by atoms with Crippen molar-refractivity contribution in [3.05, 3.63) is 54.6 Å². The van der Waals surface area contributed by atoms with Crippen LogP contribution in [-0.2, 0) is 6.54 Å². The Morgan fingerprint density at radius 2 is 1.97 bits per heavy atom. The molecular weight excluding hydrogens is 454 g/mol. The fourth-order valence-electron chi connectivity index (χ4n) is 4.86. The van der Waals surface area contributed by atoms with Gasteiger partial charge >= 0.3 is 6.09 Å². The predicted molar refractivity (Wildman–Crippen MR) is 132 cm³/mol. The number of nitrogens with zero attached hydrogens (tertiary/aromatic N) is 1. The summed E-state index contributed by atoms with van der Waals surface area (Å²) >= 11 is 1.34. The molecule has 3 heterocycles. The monoisotopic (exact) mass is 489 g/mol. The third-order valence-corrected chi connectivity index (χ3v) is 8.00. The second-order valence-electron chi connectivity index (χ2n) is 10.4. The number of H-pyrrole nitrogens is 1. The second-order valence-corrected chi connectivity index (χ2v) is 11.3. The molecule has 1 saturated heterocycles. The van der Waals surface area contributed by atoms with E-state index in [1.165, 1.54) is 16.2 Å². The minimum absolute atomic E-state index is 0.0955. The molecule has 1 aliphatic heterocycles. The van der Waals surface area contributed by atoms with Crippen LogP contribution in [0, 0.1) is 32.1 Å². The van der Waals surface area contributed by atoms with Gasteiger partial charge in [0.2, 0.25) is 0 Å². The third kappa shape index (κ3) is 5.36. The highest BCUT2D eigenvalue weighted by atomic mass is 32.1. The van der Waals surface area contributed by atoms with E-state index < -0.39 is 12.2 Å². The van der Waals surface area contributed by atoms with E-state index in [0.29, 0.717) is 30.5 Å². The summed E-state index contributed by atoms with van der Waals surface area (Å²) in [6, 6.07) is 1.67. The van der Waals surface area contributed by atoms with Crippen LogP contribution in [0.5, 0.6) is 0 Å². The Balaban J connectivity index is 1.74. The van der Waals surface area contributed by atoms with E-state index in [1.54, 1.807) is 5.38 Å². The van der Waals surface area contributed by atoms with Gasteiger partial charge in [-0.1, -0.05) is 20.8 Å². The van der Waals surface area contributed by atoms with Crippen LogP contribution in [0.15, 0.2) is 16.2 Å². The molecule has 9 heteroatoms. The highest BCUT2D eigenvalue weighted by molar-refractivity contribution is 7.10. The number of aliphatic hydroxyl groups excluding tert-OH is 1. The number of rotatable bonds is 5. The Labute approximate surface area is 204 Å². The number of carboxylic acid groups (broad SMARTS) is 1. The molecule has 3 unspecified atom stereocenters. The van der Waals surface area contributed by atoms with Crippen LogP contribution in [-0.4, -0.2) is 44.7 Å². The van der Waals surface area contributed by atoms with E-state index in [4.69, 9.17) is 0 Å². The molecular formula is C25H35N3O5S. The molecule has 0 bridgehead atoms. The van der Waals surface area contributed by atoms with E-state index in [2.05, 4.69) is 10.3 Å². The first-order valence-corrected chi connectivity index (χ1v) is 12.4. The van der Waals surface area contributed by atoms with Crippen molar-refractivity contribution >= 4 is 23.3 Å². The number of aromatic nitrogens is 1. The van der Waals surface area contributed by atoms with Gasteiger partial charge in [0.15, 0.2) is 0 Å². The number of piperidine rings is 1. The maximum atomic E-state index is 12.9. The second kappa shape index (κ2) is 9.92. The maximum absolute atomic E-state index is 12.9. The predicted octanol–water partition coefficient (Wildman–Crippen LogP) is 4.13. The number of carbonyl (C=O) groups is 2. The first-order chi connectivity index (χ1) is 15.8. The number of aromatic amines is 1. The number of thiophene rings is 1. The number of nitrogens with one attached hydrogen (secondary N) is 2. The fourth-order valence-corrected chi connectivity index (χ4v) is 6.00. The van der Waals surface area contributed by atoms with Gasteiger partial charge in [0.1, 0.15) is 0 Å². The average molecular weight is 490 g/mol. The van der Waals surface area contributed by atoms with Gasteiger partial charge in [0.25, 0.3) is 11.5 Å². The van der Waals surface area contributed by atoms with Gasteiger partial charge < -0.3 is 25.4 Å². The van der Waals surface area contributed by atoms with Crippen molar-refractivity contribution in [2.24, 2.45) is 11.3 Å². The van der Waals surface area contributed by atoms with Crippen molar-refractivity contribution in [3.63, 3.8) is 0 Å². The number of aliphatic hydroxyl groups is 1. The van der Waals surface area contributed by atoms with Crippen LogP contribution >= 0.6 is 11.3 Å². The van der Waals surface area contributed by atoms with Gasteiger partial charge in [-0.2, -0.15) is 0 Å². The standard InChI is InChI=1S/C25H35N3O5S/c1-13-9-14(2)27-23(31)17(13)11-26-22(30)18-12-34-21(15(18)3)20(29)16-7-8-28(24(32)33)19(10-16)25(4,5)6/h9,12,16,19-20,29H,7-8,10-11H2,1-6H3,(H,26,30)(H,27,31)(H,32,33). The van der Waals surface area contributed by atoms with Crippen molar-refractivity contribution in [3.8, 4) is 0 Å². The van der Waals surface area contributed by atoms with Crippen LogP contribution in [0.25, 0.3) is 0 Å². The SMILES string of the molecule is Cc1cc(C)c(CNC(=O)c2csc(C(O)C3CCN(C(=O)O)C(C(C)(C)C)C3)c2C)c(=O)[nH]1. The van der Waals surface area contributed by atoms with Crippen molar-refractivity contribution in [2.75, 3.05) is 6.54 Å². The third-order valence-electron chi connectivity index (χ3n) is 6.85. The van der Waals surface area contributed by atoms with Crippen molar-refractivity contribution in [1.82, 2.24) is 15.2 Å². The van der Waals surface area contributed by atoms with E-state index in [0.717, 1.165) is 21.7 Å². The normalized spacial score (nSPS) is 19.7. The van der Waals surface area contributed by atoms with E-state index in [1.807, 2.05) is 47.6 Å². The highest BCUT2D eigenvalue weighted by Gasteiger charge is 2.41. The number of amides is 2. The molecule has 3 rings (SSSR count). The van der Waals surface area contributed by atoms with E-state index in [9.17, 15) is 24.6 Å². The number of carbonyl (C=O) groups excluding carboxylic acids is 1. The molecule has 2 amide bonds. The molecule has 3 atom stereocenters. The maximum Gasteiger partial charge on any atom is 0.407 e. The lowest BCUT2D eigenvalue weighted by molar-refractivity contribution is 0.0000650. The molecule has 34 heavy (non-hydrogen) atoms. The Kier molecular flexibility index (Phi) is 7.57. The molecule has 8 nitrogen and oxygen atoms in total. The van der Waals surface area contributed by atoms with Crippen LogP contribution in [0.2, 0.25) is 0 Å². The number of hydrogen-bond acceptors (Lipinski definition) is 5. The van der Waals surface area contributed by atoms with Crippen LogP contribution < -0.4 is 10.9 Å². The molecule has 4 N–H and O–H groups in total. The first kappa shape index (κ1) is 26.0. The summed E-state index contributed by atoms with van der Waals surface area (Å²) in [4.78, 5) is 41.8. The first-order valence-electron chi connectivity index (χ1n) is 11.5. The molecule has 186 valence electrons. The summed E-state index contributed by atoms with van der Waals surface area (Å²) in [6.45, 7) is 12.0. The number of pyridine rings is 1. The fraction of sp³-hybridized carbons (Fsp3) is 0.560. The van der Waals surface area contributed by atoms with Crippen molar-refractivity contribution in [1.29, 1.82) is 0 Å². The van der Waals surface area contributed by atoms with Crippen molar-refractivity contribution < 1.29 is 19.8 Å². The lowest BCUT2D eigenvalue weighted by Gasteiger charge is -2.45. The van der Waals surface area contributed by atoms with E-state index >= 15 is 0 Å². The van der Waals surface area contributed by atoms with Crippen molar-refractivity contribution in [2.45, 2.75) is 73.1 Å². The quantitative estimate of drug-likeness (QED) is 0.503. The van der Waals surface area contributed by atoms with Gasteiger partial charge in [-0.15, -0.1) is 11.3 Å². The average Bonchev–Trinajstić information content (AvgIpc) is 3.12. The summed E-state index contributed by atoms with van der Waals surface area (Å²) < 4.78 is 0. The largest absolute Gasteiger partial charge is 0.465 e. The zero-order valence-corrected chi connectivity index (χ0v) is 21.5. The zero-order chi connectivity index (χ0) is 25.4. The summed E-state index contributed by atoms with van der Waals surface area (Å²) in [5, 5.41) is 25.4. The summed E-state index contributed by atoms with van der Waals surface area (Å²) in [5.41, 5.74) is 2.85. The topological polar surface area (TPSA) is 123 Å². The molecule has 0 aliphatic carbocycles. The molecule has 2 aromatic heterocycles. The molecule has 1 fully saturated rings. The Morgan fingerprint density at radius 1 is 1.29 bits per heavy atom. The van der Waals surface area contributed by atoms with Gasteiger partial charge in [0, 0.05) is 40.6 Å². The smallest absolute Gasteiger partial charge is 0.407 e. The minimum Gasteiger partial charge on any atom is -0.465 e. The lowest BCUT2D eigenvalue weighted by Crippen LogP contribution is -2.52. The van der Waals surface area contributed by atoms with Gasteiger partial charge in [0.05, 0.1) is 11.7 Å². The zero-order valence-electron chi connectivity index (χ0n) is 20.7. The molecule has 0 aromatic carbocycles. The summed E-state index contributed by atoms with van der Waals surface area (Å²) in [7, 11) is 0.